The fourth-order valence-corrected chi connectivity index (χ4v) is 1.56. The minimum Gasteiger partial charge on any atom is -0.370 e. The molecular formula is C6H9NO2S2. The average molecular weight is 191 g/mol. The first kappa shape index (κ1) is 8.96. The van der Waals surface area contributed by atoms with Crippen LogP contribution in [0.4, 0.5) is 0 Å². The van der Waals surface area contributed by atoms with Crippen molar-refractivity contribution in [3.8, 4) is 0 Å². The Morgan fingerprint density at radius 1 is 1.91 bits per heavy atom. The van der Waals surface area contributed by atoms with E-state index in [1.165, 1.54) is 27.8 Å². The second kappa shape index (κ2) is 3.51. The number of aliphatic hydroxyl groups excluding tert-OH is 1. The lowest BCUT2D eigenvalue weighted by molar-refractivity contribution is -0.131. The zero-order chi connectivity index (χ0) is 8.43. The lowest BCUT2D eigenvalue weighted by Crippen LogP contribution is -2.38. The predicted octanol–water partition coefficient (Wildman–Crippen LogP) is 0.627. The highest BCUT2D eigenvalue weighted by Crippen LogP contribution is 2.23. The molecule has 0 aliphatic carbocycles. The molecule has 0 bridgehead atoms. The molecule has 1 aliphatic heterocycles. The number of rotatable bonds is 2. The largest absolute Gasteiger partial charge is 0.370 e. The van der Waals surface area contributed by atoms with Gasteiger partial charge in [0, 0.05) is 6.08 Å². The molecule has 1 amide bonds. The maximum Gasteiger partial charge on any atom is 0.249 e. The molecule has 3 nitrogen and oxygen atoms in total. The molecule has 2 unspecified atom stereocenters. The van der Waals surface area contributed by atoms with Crippen LogP contribution in [0.25, 0.3) is 0 Å². The zero-order valence-corrected chi connectivity index (χ0v) is 7.68. The van der Waals surface area contributed by atoms with Crippen LogP contribution in [-0.2, 0) is 4.79 Å². The first-order valence-corrected chi connectivity index (χ1v) is 5.09. The van der Waals surface area contributed by atoms with Crippen LogP contribution in [0.2, 0.25) is 0 Å². The summed E-state index contributed by atoms with van der Waals surface area (Å²) in [6.45, 7) is 1.81. The first-order chi connectivity index (χ1) is 5.16. The predicted molar refractivity (Wildman–Crippen MR) is 48.0 cm³/mol. The van der Waals surface area contributed by atoms with E-state index in [-0.39, 0.29) is 11.3 Å². The summed E-state index contributed by atoms with van der Waals surface area (Å²) in [5.41, 5.74) is 0. The molecule has 1 N–H and O–H groups in total. The monoisotopic (exact) mass is 191 g/mol. The van der Waals surface area contributed by atoms with Gasteiger partial charge in [-0.2, -0.15) is 0 Å². The molecule has 0 radical (unpaired) electrons. The number of carbonyl (C=O) groups excluding carboxylic acids is 1. The summed E-state index contributed by atoms with van der Waals surface area (Å²) in [5.74, 6) is -0.161. The van der Waals surface area contributed by atoms with Gasteiger partial charge in [-0.25, -0.2) is 0 Å². The molecule has 0 saturated carbocycles. The summed E-state index contributed by atoms with van der Waals surface area (Å²) in [7, 11) is 1.23. The SMILES string of the molecule is CC(SS)N1C(=O)C=CC1O. The third kappa shape index (κ3) is 1.72. The number of hydrogen-bond donors (Lipinski definition) is 2. The number of aliphatic hydroxyl groups is 1. The number of nitrogens with zero attached hydrogens (tertiary/aromatic N) is 1. The van der Waals surface area contributed by atoms with Crippen molar-refractivity contribution >= 4 is 28.4 Å². The van der Waals surface area contributed by atoms with Crippen LogP contribution in [-0.4, -0.2) is 27.5 Å². The smallest absolute Gasteiger partial charge is 0.249 e. The molecule has 62 valence electrons. The Morgan fingerprint density at radius 3 is 2.91 bits per heavy atom. The van der Waals surface area contributed by atoms with Crippen LogP contribution < -0.4 is 0 Å². The number of thiol groups is 1. The molecule has 5 heteroatoms. The standard InChI is InChI=1S/C6H9NO2S2/c1-4(11-10)7-5(8)2-3-6(7)9/h2-5,8,10H,1H3. The molecule has 0 aromatic heterocycles. The van der Waals surface area contributed by atoms with Crippen molar-refractivity contribution in [3.63, 3.8) is 0 Å². The topological polar surface area (TPSA) is 40.5 Å². The summed E-state index contributed by atoms with van der Waals surface area (Å²) in [6, 6.07) is 0. The van der Waals surface area contributed by atoms with Gasteiger partial charge in [0.05, 0.1) is 5.37 Å². The maximum atomic E-state index is 11.0. The van der Waals surface area contributed by atoms with Crippen molar-refractivity contribution in [3.05, 3.63) is 12.2 Å². The maximum absolute atomic E-state index is 11.0. The Morgan fingerprint density at radius 2 is 2.55 bits per heavy atom. The van der Waals surface area contributed by atoms with Gasteiger partial charge in [0.15, 0.2) is 0 Å². The molecule has 11 heavy (non-hydrogen) atoms. The van der Waals surface area contributed by atoms with E-state index in [1.807, 2.05) is 6.92 Å². The van der Waals surface area contributed by atoms with Crippen molar-refractivity contribution < 1.29 is 9.90 Å². The van der Waals surface area contributed by atoms with E-state index in [0.717, 1.165) is 0 Å². The quantitative estimate of drug-likeness (QED) is 0.497. The Labute approximate surface area is 74.3 Å². The van der Waals surface area contributed by atoms with E-state index in [2.05, 4.69) is 11.7 Å². The van der Waals surface area contributed by atoms with Gasteiger partial charge >= 0.3 is 0 Å². The molecular weight excluding hydrogens is 182 g/mol. The van der Waals surface area contributed by atoms with Crippen LogP contribution in [0, 0.1) is 0 Å². The second-order valence-electron chi connectivity index (χ2n) is 2.22. The van der Waals surface area contributed by atoms with E-state index in [0.29, 0.717) is 0 Å². The Hall–Kier alpha value is -0.130. The molecule has 2 atom stereocenters. The van der Waals surface area contributed by atoms with E-state index < -0.39 is 6.23 Å². The highest BCUT2D eigenvalue weighted by atomic mass is 33.1. The summed E-state index contributed by atoms with van der Waals surface area (Å²) < 4.78 is 0. The molecule has 0 saturated heterocycles. The molecule has 0 aromatic rings. The van der Waals surface area contributed by atoms with Crippen LogP contribution in [0.15, 0.2) is 12.2 Å². The van der Waals surface area contributed by atoms with Crippen molar-refractivity contribution in [1.82, 2.24) is 4.90 Å². The van der Waals surface area contributed by atoms with Gasteiger partial charge in [0.1, 0.15) is 6.23 Å². The van der Waals surface area contributed by atoms with Gasteiger partial charge < -0.3 is 5.11 Å². The van der Waals surface area contributed by atoms with Gasteiger partial charge in [0.2, 0.25) is 5.91 Å². The van der Waals surface area contributed by atoms with Gasteiger partial charge in [-0.05, 0) is 13.0 Å². The summed E-state index contributed by atoms with van der Waals surface area (Å²) in [4.78, 5) is 12.4. The Kier molecular flexibility index (Phi) is 2.86. The van der Waals surface area contributed by atoms with Crippen LogP contribution in [0.5, 0.6) is 0 Å². The minimum atomic E-state index is -0.780. The number of hydrogen-bond acceptors (Lipinski definition) is 4. The Balaban J connectivity index is 2.65. The Bertz CT molecular complexity index is 195. The van der Waals surface area contributed by atoms with E-state index in [4.69, 9.17) is 0 Å². The van der Waals surface area contributed by atoms with Crippen molar-refractivity contribution in [2.75, 3.05) is 0 Å². The third-order valence-corrected chi connectivity index (χ3v) is 2.94. The highest BCUT2D eigenvalue weighted by molar-refractivity contribution is 8.68. The lowest BCUT2D eigenvalue weighted by Gasteiger charge is -2.25. The first-order valence-electron chi connectivity index (χ1n) is 3.15. The van der Waals surface area contributed by atoms with Crippen molar-refractivity contribution in [2.24, 2.45) is 0 Å². The van der Waals surface area contributed by atoms with Crippen LogP contribution >= 0.6 is 22.5 Å². The highest BCUT2D eigenvalue weighted by Gasteiger charge is 2.27. The fourth-order valence-electron chi connectivity index (χ4n) is 0.923. The summed E-state index contributed by atoms with van der Waals surface area (Å²) >= 11 is 3.96. The normalized spacial score (nSPS) is 26.3. The second-order valence-corrected chi connectivity index (χ2v) is 3.75. The van der Waals surface area contributed by atoms with Gasteiger partial charge in [-0.15, -0.1) is 11.7 Å². The fraction of sp³-hybridized carbons (Fsp3) is 0.500. The zero-order valence-electron chi connectivity index (χ0n) is 5.97. The van der Waals surface area contributed by atoms with Crippen LogP contribution in [0.1, 0.15) is 6.92 Å². The average Bonchev–Trinajstić information content (AvgIpc) is 2.30. The molecule has 1 aliphatic rings. The summed E-state index contributed by atoms with van der Waals surface area (Å²) in [6.07, 6.45) is 2.05. The van der Waals surface area contributed by atoms with Crippen LogP contribution in [0.3, 0.4) is 0 Å². The molecule has 0 spiro atoms. The molecule has 0 aromatic carbocycles. The number of amides is 1. The number of carbonyl (C=O) groups is 1. The third-order valence-electron chi connectivity index (χ3n) is 1.49. The van der Waals surface area contributed by atoms with E-state index in [9.17, 15) is 9.90 Å². The van der Waals surface area contributed by atoms with Crippen molar-refractivity contribution in [2.45, 2.75) is 18.5 Å². The molecule has 1 heterocycles. The molecule has 1 rings (SSSR count). The van der Waals surface area contributed by atoms with Crippen molar-refractivity contribution in [1.29, 1.82) is 0 Å². The van der Waals surface area contributed by atoms with E-state index in [1.54, 1.807) is 0 Å². The lowest BCUT2D eigenvalue weighted by atomic mass is 10.5. The van der Waals surface area contributed by atoms with E-state index >= 15 is 0 Å². The summed E-state index contributed by atoms with van der Waals surface area (Å²) in [5, 5.41) is 9.13. The van der Waals surface area contributed by atoms with Gasteiger partial charge in [-0.1, -0.05) is 10.8 Å². The van der Waals surface area contributed by atoms with Gasteiger partial charge in [0.25, 0.3) is 0 Å². The van der Waals surface area contributed by atoms with Gasteiger partial charge in [-0.3, -0.25) is 9.69 Å². The molecule has 0 fully saturated rings. The minimum absolute atomic E-state index is 0.101.